The van der Waals surface area contributed by atoms with E-state index in [4.69, 9.17) is 0 Å². The number of carbonyl (C=O) groups excluding carboxylic acids is 1. The van der Waals surface area contributed by atoms with E-state index in [1.165, 1.54) is 17.5 Å². The maximum absolute atomic E-state index is 12.2. The molecule has 1 amide bonds. The minimum absolute atomic E-state index is 0.345. The fourth-order valence-electron chi connectivity index (χ4n) is 3.07. The van der Waals surface area contributed by atoms with Crippen molar-refractivity contribution in [2.75, 3.05) is 26.2 Å². The third-order valence-corrected chi connectivity index (χ3v) is 4.79. The number of aryl methyl sites for hydroxylation is 1. The molecule has 2 aliphatic rings. The standard InChI is InChI=1S/C17H24N2O/c1-14-5-2-3-6-16(14)13-18-9-11-19(12-10-18)17(20)15-7-4-8-15/h2-3,5-6,15H,4,7-13H2,1H3. The highest BCUT2D eigenvalue weighted by Gasteiger charge is 2.31. The van der Waals surface area contributed by atoms with Gasteiger partial charge in [-0.2, -0.15) is 0 Å². The molecule has 3 rings (SSSR count). The highest BCUT2D eigenvalue weighted by Crippen LogP contribution is 2.28. The van der Waals surface area contributed by atoms with Crippen LogP contribution in [-0.4, -0.2) is 41.9 Å². The van der Waals surface area contributed by atoms with Crippen LogP contribution in [0.25, 0.3) is 0 Å². The highest BCUT2D eigenvalue weighted by molar-refractivity contribution is 5.79. The summed E-state index contributed by atoms with van der Waals surface area (Å²) in [6.45, 7) is 7.01. The number of benzene rings is 1. The molecule has 0 spiro atoms. The molecule has 0 aromatic heterocycles. The first-order chi connectivity index (χ1) is 9.74. The summed E-state index contributed by atoms with van der Waals surface area (Å²) in [7, 11) is 0. The van der Waals surface area contributed by atoms with Crippen molar-refractivity contribution in [1.29, 1.82) is 0 Å². The van der Waals surface area contributed by atoms with Crippen LogP contribution in [0, 0.1) is 12.8 Å². The van der Waals surface area contributed by atoms with Gasteiger partial charge >= 0.3 is 0 Å². The van der Waals surface area contributed by atoms with E-state index in [0.717, 1.165) is 45.6 Å². The molecule has 0 unspecified atom stereocenters. The summed E-state index contributed by atoms with van der Waals surface area (Å²) >= 11 is 0. The third-order valence-electron chi connectivity index (χ3n) is 4.79. The molecule has 1 saturated carbocycles. The van der Waals surface area contributed by atoms with E-state index >= 15 is 0 Å². The zero-order valence-corrected chi connectivity index (χ0v) is 12.3. The van der Waals surface area contributed by atoms with E-state index in [-0.39, 0.29) is 0 Å². The molecule has 3 nitrogen and oxygen atoms in total. The molecule has 1 aliphatic heterocycles. The van der Waals surface area contributed by atoms with Crippen molar-refractivity contribution < 1.29 is 4.79 Å². The van der Waals surface area contributed by atoms with Gasteiger partial charge in [0.15, 0.2) is 0 Å². The number of hydrogen-bond donors (Lipinski definition) is 0. The molecule has 1 heterocycles. The van der Waals surface area contributed by atoms with Crippen molar-refractivity contribution in [1.82, 2.24) is 9.80 Å². The van der Waals surface area contributed by atoms with E-state index in [2.05, 4.69) is 41.0 Å². The second-order valence-electron chi connectivity index (χ2n) is 6.16. The van der Waals surface area contributed by atoms with Crippen molar-refractivity contribution >= 4 is 5.91 Å². The normalized spacial score (nSPS) is 20.8. The second-order valence-corrected chi connectivity index (χ2v) is 6.16. The Morgan fingerprint density at radius 1 is 1.15 bits per heavy atom. The van der Waals surface area contributed by atoms with Crippen molar-refractivity contribution in [3.8, 4) is 0 Å². The maximum Gasteiger partial charge on any atom is 0.225 e. The lowest BCUT2D eigenvalue weighted by Gasteiger charge is -2.38. The molecule has 108 valence electrons. The number of piperazine rings is 1. The third kappa shape index (κ3) is 2.88. The van der Waals surface area contributed by atoms with Crippen LogP contribution in [0.2, 0.25) is 0 Å². The Labute approximate surface area is 121 Å². The molecule has 1 saturated heterocycles. The van der Waals surface area contributed by atoms with Crippen LogP contribution >= 0.6 is 0 Å². The van der Waals surface area contributed by atoms with Gasteiger partial charge in [0.1, 0.15) is 0 Å². The Morgan fingerprint density at radius 3 is 2.45 bits per heavy atom. The minimum Gasteiger partial charge on any atom is -0.340 e. The average Bonchev–Trinajstić information content (AvgIpc) is 2.40. The average molecular weight is 272 g/mol. The van der Waals surface area contributed by atoms with Gasteiger partial charge in [-0.05, 0) is 30.9 Å². The summed E-state index contributed by atoms with van der Waals surface area (Å²) in [5.74, 6) is 0.754. The van der Waals surface area contributed by atoms with Crippen molar-refractivity contribution in [3.05, 3.63) is 35.4 Å². The molecule has 0 atom stereocenters. The van der Waals surface area contributed by atoms with Gasteiger partial charge in [0.25, 0.3) is 0 Å². The molecule has 1 aromatic carbocycles. The lowest BCUT2D eigenvalue weighted by atomic mass is 9.84. The van der Waals surface area contributed by atoms with Crippen LogP contribution in [-0.2, 0) is 11.3 Å². The van der Waals surface area contributed by atoms with Crippen LogP contribution < -0.4 is 0 Å². The number of nitrogens with zero attached hydrogens (tertiary/aromatic N) is 2. The van der Waals surface area contributed by atoms with E-state index in [0.29, 0.717) is 11.8 Å². The van der Waals surface area contributed by atoms with Crippen LogP contribution in [0.5, 0.6) is 0 Å². The van der Waals surface area contributed by atoms with Gasteiger partial charge in [0, 0.05) is 38.6 Å². The monoisotopic (exact) mass is 272 g/mol. The SMILES string of the molecule is Cc1ccccc1CN1CCN(C(=O)C2CCC2)CC1. The molecule has 1 aromatic rings. The first kappa shape index (κ1) is 13.6. The Morgan fingerprint density at radius 2 is 1.85 bits per heavy atom. The van der Waals surface area contributed by atoms with Gasteiger partial charge in [-0.3, -0.25) is 9.69 Å². The molecule has 2 fully saturated rings. The maximum atomic E-state index is 12.2. The molecule has 0 radical (unpaired) electrons. The van der Waals surface area contributed by atoms with Crippen LogP contribution in [0.4, 0.5) is 0 Å². The molecular formula is C17H24N2O. The van der Waals surface area contributed by atoms with Crippen molar-refractivity contribution in [2.24, 2.45) is 5.92 Å². The molecular weight excluding hydrogens is 248 g/mol. The smallest absolute Gasteiger partial charge is 0.225 e. The summed E-state index contributed by atoms with van der Waals surface area (Å²) in [5.41, 5.74) is 2.77. The largest absolute Gasteiger partial charge is 0.340 e. The molecule has 0 bridgehead atoms. The van der Waals surface area contributed by atoms with E-state index in [9.17, 15) is 4.79 Å². The number of amides is 1. The van der Waals surface area contributed by atoms with Gasteiger partial charge < -0.3 is 4.90 Å². The predicted octanol–water partition coefficient (Wildman–Crippen LogP) is 2.44. The fourth-order valence-corrected chi connectivity index (χ4v) is 3.07. The fraction of sp³-hybridized carbons (Fsp3) is 0.588. The predicted molar refractivity (Wildman–Crippen MR) is 80.4 cm³/mol. The van der Waals surface area contributed by atoms with Crippen LogP contribution in [0.1, 0.15) is 30.4 Å². The summed E-state index contributed by atoms with van der Waals surface area (Å²) in [5, 5.41) is 0. The van der Waals surface area contributed by atoms with Gasteiger partial charge in [0.2, 0.25) is 5.91 Å². The minimum atomic E-state index is 0.345. The summed E-state index contributed by atoms with van der Waals surface area (Å²) < 4.78 is 0. The molecule has 1 aliphatic carbocycles. The summed E-state index contributed by atoms with van der Waals surface area (Å²) in [4.78, 5) is 16.8. The molecule has 20 heavy (non-hydrogen) atoms. The Balaban J connectivity index is 1.51. The van der Waals surface area contributed by atoms with Crippen LogP contribution in [0.15, 0.2) is 24.3 Å². The molecule has 3 heteroatoms. The lowest BCUT2D eigenvalue weighted by molar-refractivity contribution is -0.140. The van der Waals surface area contributed by atoms with E-state index in [1.54, 1.807) is 0 Å². The van der Waals surface area contributed by atoms with E-state index < -0.39 is 0 Å². The second kappa shape index (κ2) is 5.96. The van der Waals surface area contributed by atoms with Gasteiger partial charge in [-0.15, -0.1) is 0 Å². The Kier molecular flexibility index (Phi) is 4.06. The van der Waals surface area contributed by atoms with Crippen LogP contribution in [0.3, 0.4) is 0 Å². The number of rotatable bonds is 3. The summed E-state index contributed by atoms with van der Waals surface area (Å²) in [6, 6.07) is 8.58. The summed E-state index contributed by atoms with van der Waals surface area (Å²) in [6.07, 6.45) is 3.47. The van der Waals surface area contributed by atoms with Crippen molar-refractivity contribution in [3.63, 3.8) is 0 Å². The topological polar surface area (TPSA) is 23.6 Å². The highest BCUT2D eigenvalue weighted by atomic mass is 16.2. The first-order valence-corrected chi connectivity index (χ1v) is 7.79. The lowest BCUT2D eigenvalue weighted by Crippen LogP contribution is -2.50. The molecule has 0 N–H and O–H groups in total. The number of hydrogen-bond acceptors (Lipinski definition) is 2. The van der Waals surface area contributed by atoms with Gasteiger partial charge in [0.05, 0.1) is 0 Å². The Bertz CT molecular complexity index is 474. The quantitative estimate of drug-likeness (QED) is 0.844. The number of carbonyl (C=O) groups is 1. The zero-order valence-electron chi connectivity index (χ0n) is 12.3. The van der Waals surface area contributed by atoms with Crippen molar-refractivity contribution in [2.45, 2.75) is 32.7 Å². The van der Waals surface area contributed by atoms with Gasteiger partial charge in [-0.25, -0.2) is 0 Å². The zero-order chi connectivity index (χ0) is 13.9. The van der Waals surface area contributed by atoms with E-state index in [1.807, 2.05) is 0 Å². The Hall–Kier alpha value is -1.35. The van der Waals surface area contributed by atoms with Gasteiger partial charge in [-0.1, -0.05) is 30.7 Å². The first-order valence-electron chi connectivity index (χ1n) is 7.79.